The minimum Gasteiger partial charge on any atom is -0.494 e. The number of unbranched alkanes of at least 4 members (excludes halogenated alkanes) is 1. The van der Waals surface area contributed by atoms with Crippen LogP contribution in [0.1, 0.15) is 50.2 Å². The molecule has 3 rings (SSSR count). The van der Waals surface area contributed by atoms with E-state index in [1.54, 1.807) is 0 Å². The minimum atomic E-state index is -0.979. The zero-order valence-electron chi connectivity index (χ0n) is 18.1. The Hall–Kier alpha value is -1.59. The van der Waals surface area contributed by atoms with E-state index in [0.29, 0.717) is 18.1 Å². The van der Waals surface area contributed by atoms with Gasteiger partial charge in [-0.05, 0) is 48.7 Å². The summed E-state index contributed by atoms with van der Waals surface area (Å²) in [7, 11) is 0. The van der Waals surface area contributed by atoms with Crippen LogP contribution in [0, 0.1) is 0 Å². The third kappa shape index (κ3) is 5.76. The lowest BCUT2D eigenvalue weighted by Crippen LogP contribution is -2.45. The van der Waals surface area contributed by atoms with Crippen LogP contribution in [0.5, 0.6) is 5.75 Å². The molecule has 1 heterocycles. The molecule has 0 amide bonds. The fourth-order valence-electron chi connectivity index (χ4n) is 4.24. The first-order valence-corrected chi connectivity index (χ1v) is 11.5. The van der Waals surface area contributed by atoms with Gasteiger partial charge in [0.1, 0.15) is 5.75 Å². The molecule has 2 atom stereocenters. The molecular formula is C25H34ClNO3. The first-order chi connectivity index (χ1) is 14.6. The summed E-state index contributed by atoms with van der Waals surface area (Å²) in [5, 5.41) is 12.9. The first kappa shape index (κ1) is 23.1. The molecule has 1 fully saturated rings. The zero-order chi connectivity index (χ0) is 21.4. The van der Waals surface area contributed by atoms with Crippen molar-refractivity contribution < 1.29 is 14.6 Å². The van der Waals surface area contributed by atoms with Gasteiger partial charge in [-0.3, -0.25) is 4.90 Å². The predicted molar refractivity (Wildman–Crippen MR) is 122 cm³/mol. The molecule has 1 saturated heterocycles. The van der Waals surface area contributed by atoms with Crippen LogP contribution in [-0.2, 0) is 10.3 Å². The number of nitrogens with zero attached hydrogens (tertiary/aromatic N) is 1. The van der Waals surface area contributed by atoms with Crippen molar-refractivity contribution in [1.82, 2.24) is 4.90 Å². The Balaban J connectivity index is 1.99. The Morgan fingerprint density at radius 3 is 2.33 bits per heavy atom. The summed E-state index contributed by atoms with van der Waals surface area (Å²) in [6.07, 6.45) is 2.69. The number of halogens is 1. The van der Waals surface area contributed by atoms with Gasteiger partial charge in [0, 0.05) is 30.6 Å². The molecule has 1 N–H and O–H groups in total. The van der Waals surface area contributed by atoms with Crippen molar-refractivity contribution in [2.24, 2.45) is 0 Å². The average molecular weight is 432 g/mol. The highest BCUT2D eigenvalue weighted by Gasteiger charge is 2.40. The smallest absolute Gasteiger partial charge is 0.119 e. The highest BCUT2D eigenvalue weighted by atomic mass is 35.5. The molecule has 0 unspecified atom stereocenters. The van der Waals surface area contributed by atoms with Crippen LogP contribution in [0.4, 0.5) is 0 Å². The van der Waals surface area contributed by atoms with E-state index in [0.717, 1.165) is 62.6 Å². The van der Waals surface area contributed by atoms with Crippen LogP contribution < -0.4 is 4.74 Å². The van der Waals surface area contributed by atoms with E-state index >= 15 is 0 Å². The summed E-state index contributed by atoms with van der Waals surface area (Å²) in [5.41, 5.74) is 1.07. The summed E-state index contributed by atoms with van der Waals surface area (Å²) in [5.74, 6) is 0.757. The quantitative estimate of drug-likeness (QED) is 0.559. The fourth-order valence-corrected chi connectivity index (χ4v) is 4.37. The number of benzene rings is 2. The SMILES string of the molecule is CCCC[C@@](O)(c1ccc(OCC)cc1)[C@H](CN1CCOCC1)c1ccc(Cl)cc1. The van der Waals surface area contributed by atoms with Crippen molar-refractivity contribution >= 4 is 11.6 Å². The van der Waals surface area contributed by atoms with Crippen LogP contribution in [0.2, 0.25) is 5.02 Å². The van der Waals surface area contributed by atoms with E-state index < -0.39 is 5.60 Å². The highest BCUT2D eigenvalue weighted by Crippen LogP contribution is 2.42. The fraction of sp³-hybridized carbons (Fsp3) is 0.520. The van der Waals surface area contributed by atoms with Crippen molar-refractivity contribution in [3.8, 4) is 5.75 Å². The molecule has 0 saturated carbocycles. The maximum Gasteiger partial charge on any atom is 0.119 e. The number of aliphatic hydroxyl groups is 1. The topological polar surface area (TPSA) is 41.9 Å². The van der Waals surface area contributed by atoms with Gasteiger partial charge in [-0.25, -0.2) is 0 Å². The number of morpholine rings is 1. The normalized spacial score (nSPS) is 18.0. The second kappa shape index (κ2) is 11.1. The lowest BCUT2D eigenvalue weighted by atomic mass is 9.74. The van der Waals surface area contributed by atoms with Crippen LogP contribution >= 0.6 is 11.6 Å². The van der Waals surface area contributed by atoms with Gasteiger partial charge < -0.3 is 14.6 Å². The van der Waals surface area contributed by atoms with E-state index in [1.165, 1.54) is 0 Å². The molecule has 1 aliphatic rings. The van der Waals surface area contributed by atoms with Crippen molar-refractivity contribution in [2.45, 2.75) is 44.6 Å². The molecule has 0 radical (unpaired) electrons. The average Bonchev–Trinajstić information content (AvgIpc) is 2.78. The lowest BCUT2D eigenvalue weighted by Gasteiger charge is -2.41. The summed E-state index contributed by atoms with van der Waals surface area (Å²) >= 11 is 6.17. The molecule has 5 heteroatoms. The summed E-state index contributed by atoms with van der Waals surface area (Å²) in [6.45, 7) is 8.80. The first-order valence-electron chi connectivity index (χ1n) is 11.1. The Bertz CT molecular complexity index is 759. The highest BCUT2D eigenvalue weighted by molar-refractivity contribution is 6.30. The summed E-state index contributed by atoms with van der Waals surface area (Å²) < 4.78 is 11.2. The molecule has 1 aliphatic heterocycles. The monoisotopic (exact) mass is 431 g/mol. The van der Waals surface area contributed by atoms with Gasteiger partial charge in [0.05, 0.1) is 25.4 Å². The van der Waals surface area contributed by atoms with Crippen molar-refractivity contribution in [1.29, 1.82) is 0 Å². The van der Waals surface area contributed by atoms with E-state index in [4.69, 9.17) is 21.1 Å². The maximum absolute atomic E-state index is 12.2. The number of hydrogen-bond acceptors (Lipinski definition) is 4. The van der Waals surface area contributed by atoms with E-state index in [1.807, 2.05) is 43.3 Å². The number of hydrogen-bond donors (Lipinski definition) is 1. The van der Waals surface area contributed by atoms with Gasteiger partial charge in [-0.1, -0.05) is 55.6 Å². The van der Waals surface area contributed by atoms with Gasteiger partial charge >= 0.3 is 0 Å². The molecule has 0 spiro atoms. The number of rotatable bonds is 10. The van der Waals surface area contributed by atoms with Crippen LogP contribution in [0.25, 0.3) is 0 Å². The Morgan fingerprint density at radius 2 is 1.73 bits per heavy atom. The maximum atomic E-state index is 12.2. The van der Waals surface area contributed by atoms with Crippen molar-refractivity contribution in [3.05, 3.63) is 64.7 Å². The lowest BCUT2D eigenvalue weighted by molar-refractivity contribution is -0.0294. The van der Waals surface area contributed by atoms with Crippen LogP contribution in [-0.4, -0.2) is 49.5 Å². The van der Waals surface area contributed by atoms with Crippen LogP contribution in [0.15, 0.2) is 48.5 Å². The van der Waals surface area contributed by atoms with Crippen molar-refractivity contribution in [2.75, 3.05) is 39.5 Å². The van der Waals surface area contributed by atoms with E-state index in [-0.39, 0.29) is 5.92 Å². The van der Waals surface area contributed by atoms with E-state index in [2.05, 4.69) is 24.0 Å². The van der Waals surface area contributed by atoms with Gasteiger partial charge in [0.2, 0.25) is 0 Å². The molecule has 0 aromatic heterocycles. The summed E-state index contributed by atoms with van der Waals surface area (Å²) in [6, 6.07) is 15.9. The Kier molecular flexibility index (Phi) is 8.58. The Labute approximate surface area is 185 Å². The summed E-state index contributed by atoms with van der Waals surface area (Å²) in [4.78, 5) is 2.40. The van der Waals surface area contributed by atoms with Gasteiger partial charge in [0.15, 0.2) is 0 Å². The standard InChI is InChI=1S/C25H34ClNO3/c1-3-5-14-25(28,21-8-12-23(13-9-21)30-4-2)24(19-27-15-17-29-18-16-27)20-6-10-22(26)11-7-20/h6-13,24,28H,3-5,14-19H2,1-2H3/t24-,25-/m1/s1. The third-order valence-electron chi connectivity index (χ3n) is 5.97. The molecule has 2 aromatic rings. The molecule has 0 bridgehead atoms. The molecule has 4 nitrogen and oxygen atoms in total. The third-order valence-corrected chi connectivity index (χ3v) is 6.22. The second-order valence-corrected chi connectivity index (χ2v) is 8.44. The molecule has 30 heavy (non-hydrogen) atoms. The van der Waals surface area contributed by atoms with Crippen molar-refractivity contribution in [3.63, 3.8) is 0 Å². The molecule has 164 valence electrons. The van der Waals surface area contributed by atoms with Gasteiger partial charge in [-0.15, -0.1) is 0 Å². The predicted octanol–water partition coefficient (Wildman–Crippen LogP) is 5.23. The second-order valence-electron chi connectivity index (χ2n) is 8.00. The number of ether oxygens (including phenoxy) is 2. The largest absolute Gasteiger partial charge is 0.494 e. The van der Waals surface area contributed by atoms with Gasteiger partial charge in [0.25, 0.3) is 0 Å². The Morgan fingerprint density at radius 1 is 1.07 bits per heavy atom. The molecule has 0 aliphatic carbocycles. The zero-order valence-corrected chi connectivity index (χ0v) is 18.9. The van der Waals surface area contributed by atoms with E-state index in [9.17, 15) is 5.11 Å². The van der Waals surface area contributed by atoms with Gasteiger partial charge in [-0.2, -0.15) is 0 Å². The molecular weight excluding hydrogens is 398 g/mol. The molecule has 2 aromatic carbocycles. The van der Waals surface area contributed by atoms with Crippen LogP contribution in [0.3, 0.4) is 0 Å². The minimum absolute atomic E-state index is 0.0719.